The molecule has 0 spiro atoms. The van der Waals surface area contributed by atoms with Crippen molar-refractivity contribution in [2.24, 2.45) is 5.73 Å². The van der Waals surface area contributed by atoms with Crippen molar-refractivity contribution in [3.63, 3.8) is 0 Å². The van der Waals surface area contributed by atoms with Gasteiger partial charge in [-0.05, 0) is 24.0 Å². The summed E-state index contributed by atoms with van der Waals surface area (Å²) in [4.78, 5) is 0. The lowest BCUT2D eigenvalue weighted by Crippen LogP contribution is -2.50. The predicted molar refractivity (Wildman–Crippen MR) is 96.0 cm³/mol. The number of hydrogen-bond donors (Lipinski definition) is 2. The van der Waals surface area contributed by atoms with Crippen LogP contribution in [0.15, 0.2) is 60.7 Å². The Hall–Kier alpha value is -1.56. The van der Waals surface area contributed by atoms with E-state index in [9.17, 15) is 13.2 Å². The first-order chi connectivity index (χ1) is 11.4. The molecular weight excluding hydrogens is 349 g/mol. The highest BCUT2D eigenvalue weighted by atomic mass is 35.5. The molecular formula is C19H22ClF3N2. The summed E-state index contributed by atoms with van der Waals surface area (Å²) in [6.07, 6.45) is -3.96. The average molecular weight is 371 g/mol. The van der Waals surface area contributed by atoms with Gasteiger partial charge in [0.05, 0.1) is 0 Å². The van der Waals surface area contributed by atoms with E-state index in [2.05, 4.69) is 5.32 Å². The normalized spacial score (nSPS) is 17.0. The molecule has 0 heterocycles. The van der Waals surface area contributed by atoms with Crippen molar-refractivity contribution in [3.8, 4) is 0 Å². The summed E-state index contributed by atoms with van der Waals surface area (Å²) in [6.45, 7) is 0.119. The molecule has 1 aliphatic carbocycles. The van der Waals surface area contributed by atoms with Gasteiger partial charge in [-0.3, -0.25) is 0 Å². The van der Waals surface area contributed by atoms with Crippen LogP contribution in [0, 0.1) is 0 Å². The SMILES string of the molecule is Cl.NC(CNC1(C(F)(F)F)CC1)C(c1ccccc1)c1ccccc1. The van der Waals surface area contributed by atoms with E-state index in [-0.39, 0.29) is 37.7 Å². The van der Waals surface area contributed by atoms with Crippen molar-refractivity contribution in [1.82, 2.24) is 5.32 Å². The van der Waals surface area contributed by atoms with Crippen molar-refractivity contribution in [2.45, 2.75) is 36.5 Å². The second-order valence-electron chi connectivity index (χ2n) is 6.42. The zero-order valence-corrected chi connectivity index (χ0v) is 14.5. The van der Waals surface area contributed by atoms with Gasteiger partial charge < -0.3 is 11.1 Å². The molecule has 0 amide bonds. The Bertz CT molecular complexity index is 618. The standard InChI is InChI=1S/C19H21F3N2.ClH/c20-19(21,22)18(11-12-18)24-13-16(23)17(14-7-3-1-4-8-14)15-9-5-2-6-10-15;/h1-10,16-17,24H,11-13,23H2;1H. The molecule has 6 heteroatoms. The maximum absolute atomic E-state index is 13.1. The lowest BCUT2D eigenvalue weighted by atomic mass is 9.85. The minimum Gasteiger partial charge on any atom is -0.326 e. The Morgan fingerprint density at radius 3 is 1.72 bits per heavy atom. The summed E-state index contributed by atoms with van der Waals surface area (Å²) in [6, 6.07) is 18.9. The highest BCUT2D eigenvalue weighted by Gasteiger charge is 2.63. The van der Waals surface area contributed by atoms with Crippen LogP contribution < -0.4 is 11.1 Å². The van der Waals surface area contributed by atoms with Crippen LogP contribution in [0.4, 0.5) is 13.2 Å². The Kier molecular flexibility index (Phi) is 6.14. The van der Waals surface area contributed by atoms with E-state index in [0.29, 0.717) is 0 Å². The highest BCUT2D eigenvalue weighted by molar-refractivity contribution is 5.85. The first-order valence-corrected chi connectivity index (χ1v) is 8.10. The molecule has 2 nitrogen and oxygen atoms in total. The van der Waals surface area contributed by atoms with Gasteiger partial charge in [-0.25, -0.2) is 0 Å². The summed E-state index contributed by atoms with van der Waals surface area (Å²) in [7, 11) is 0. The van der Waals surface area contributed by atoms with Gasteiger partial charge >= 0.3 is 6.18 Å². The Morgan fingerprint density at radius 2 is 1.36 bits per heavy atom. The van der Waals surface area contributed by atoms with Crippen LogP contribution in [-0.4, -0.2) is 24.3 Å². The molecule has 1 unspecified atom stereocenters. The molecule has 1 saturated carbocycles. The number of rotatable bonds is 6. The van der Waals surface area contributed by atoms with Gasteiger partial charge in [0.2, 0.25) is 0 Å². The number of benzene rings is 2. The first-order valence-electron chi connectivity index (χ1n) is 8.10. The molecule has 1 fully saturated rings. The maximum atomic E-state index is 13.1. The molecule has 136 valence electrons. The average Bonchev–Trinajstić information content (AvgIpc) is 3.36. The zero-order chi connectivity index (χ0) is 17.2. The topological polar surface area (TPSA) is 38.0 Å². The number of halogens is 4. The third-order valence-corrected chi connectivity index (χ3v) is 4.71. The fourth-order valence-electron chi connectivity index (χ4n) is 3.12. The summed E-state index contributed by atoms with van der Waals surface area (Å²) in [5.74, 6) is -0.149. The quantitative estimate of drug-likeness (QED) is 0.797. The molecule has 0 bridgehead atoms. The number of nitrogens with one attached hydrogen (secondary N) is 1. The van der Waals surface area contributed by atoms with Crippen LogP contribution >= 0.6 is 12.4 Å². The lowest BCUT2D eigenvalue weighted by Gasteiger charge is -2.28. The summed E-state index contributed by atoms with van der Waals surface area (Å²) >= 11 is 0. The molecule has 2 aromatic carbocycles. The van der Waals surface area contributed by atoms with Crippen molar-refractivity contribution in [2.75, 3.05) is 6.54 Å². The van der Waals surface area contributed by atoms with Crippen molar-refractivity contribution in [3.05, 3.63) is 71.8 Å². The predicted octanol–water partition coefficient (Wildman–Crippen LogP) is 4.25. The van der Waals surface area contributed by atoms with Gasteiger partial charge in [0, 0.05) is 18.5 Å². The van der Waals surface area contributed by atoms with E-state index in [1.165, 1.54) is 0 Å². The van der Waals surface area contributed by atoms with Crippen molar-refractivity contribution < 1.29 is 13.2 Å². The summed E-state index contributed by atoms with van der Waals surface area (Å²) in [5, 5.41) is 2.68. The molecule has 1 aliphatic rings. The molecule has 3 N–H and O–H groups in total. The number of alkyl halides is 3. The van der Waals surface area contributed by atoms with E-state index in [1.54, 1.807) is 0 Å². The van der Waals surface area contributed by atoms with Gasteiger partial charge in [0.15, 0.2) is 0 Å². The molecule has 0 aromatic heterocycles. The van der Waals surface area contributed by atoms with E-state index in [4.69, 9.17) is 5.73 Å². The molecule has 0 radical (unpaired) electrons. The van der Waals surface area contributed by atoms with Crippen LogP contribution in [0.2, 0.25) is 0 Å². The third kappa shape index (κ3) is 4.35. The molecule has 0 saturated heterocycles. The van der Waals surface area contributed by atoms with Crippen LogP contribution in [-0.2, 0) is 0 Å². The Balaban J connectivity index is 0.00000225. The highest BCUT2D eigenvalue weighted by Crippen LogP contribution is 2.49. The summed E-state index contributed by atoms with van der Waals surface area (Å²) in [5.41, 5.74) is 6.62. The molecule has 25 heavy (non-hydrogen) atoms. The van der Waals surface area contributed by atoms with E-state index < -0.39 is 17.8 Å². The van der Waals surface area contributed by atoms with E-state index in [0.717, 1.165) is 11.1 Å². The molecule has 1 atom stereocenters. The van der Waals surface area contributed by atoms with Gasteiger partial charge in [0.1, 0.15) is 5.54 Å². The van der Waals surface area contributed by atoms with Crippen LogP contribution in [0.3, 0.4) is 0 Å². The minimum atomic E-state index is -4.22. The molecule has 2 aromatic rings. The van der Waals surface area contributed by atoms with E-state index in [1.807, 2.05) is 60.7 Å². The first kappa shape index (κ1) is 19.8. The fraction of sp³-hybridized carbons (Fsp3) is 0.368. The van der Waals surface area contributed by atoms with Crippen LogP contribution in [0.1, 0.15) is 29.9 Å². The number of nitrogens with two attached hydrogens (primary N) is 1. The second-order valence-corrected chi connectivity index (χ2v) is 6.42. The van der Waals surface area contributed by atoms with Gasteiger partial charge in [-0.15, -0.1) is 12.4 Å². The third-order valence-electron chi connectivity index (χ3n) is 4.71. The van der Waals surface area contributed by atoms with Crippen molar-refractivity contribution >= 4 is 12.4 Å². The van der Waals surface area contributed by atoms with Gasteiger partial charge in [0.25, 0.3) is 0 Å². The van der Waals surface area contributed by atoms with Crippen LogP contribution in [0.5, 0.6) is 0 Å². The number of hydrogen-bond acceptors (Lipinski definition) is 2. The monoisotopic (exact) mass is 370 g/mol. The lowest BCUT2D eigenvalue weighted by molar-refractivity contribution is -0.165. The van der Waals surface area contributed by atoms with Gasteiger partial charge in [-0.2, -0.15) is 13.2 Å². The molecule has 3 rings (SSSR count). The summed E-state index contributed by atoms with van der Waals surface area (Å²) < 4.78 is 39.3. The van der Waals surface area contributed by atoms with Gasteiger partial charge in [-0.1, -0.05) is 60.7 Å². The smallest absolute Gasteiger partial charge is 0.326 e. The van der Waals surface area contributed by atoms with Crippen molar-refractivity contribution in [1.29, 1.82) is 0 Å². The molecule has 0 aliphatic heterocycles. The Labute approximate surface area is 152 Å². The van der Waals surface area contributed by atoms with E-state index >= 15 is 0 Å². The maximum Gasteiger partial charge on any atom is 0.406 e. The second kappa shape index (κ2) is 7.77. The fourth-order valence-corrected chi connectivity index (χ4v) is 3.12. The Morgan fingerprint density at radius 1 is 0.920 bits per heavy atom. The minimum absolute atomic E-state index is 0. The zero-order valence-electron chi connectivity index (χ0n) is 13.7. The largest absolute Gasteiger partial charge is 0.406 e. The van der Waals surface area contributed by atoms with Crippen LogP contribution in [0.25, 0.3) is 0 Å².